The molecule has 0 spiro atoms. The van der Waals surface area contributed by atoms with E-state index in [4.69, 9.17) is 59.4 Å². The number of hydrogen-bond donors (Lipinski definition) is 6. The minimum absolute atomic E-state index is 0. The van der Waals surface area contributed by atoms with Gasteiger partial charge in [-0.25, -0.2) is 24.0 Å². The van der Waals surface area contributed by atoms with E-state index >= 15 is 0 Å². The van der Waals surface area contributed by atoms with Crippen molar-refractivity contribution in [3.05, 3.63) is 0 Å². The smallest absolute Gasteiger partial charge is 0.414 e. The molecule has 0 bridgehead atoms. The topological polar surface area (TPSA) is 295 Å². The first-order valence-electron chi connectivity index (χ1n) is 3.30. The zero-order valence-corrected chi connectivity index (χ0v) is 12.2. The third-order valence-corrected chi connectivity index (χ3v) is 0.541. The van der Waals surface area contributed by atoms with E-state index in [0.717, 1.165) is 0 Å². The minimum atomic E-state index is -2.07. The van der Waals surface area contributed by atoms with Crippen molar-refractivity contribution in [2.45, 2.75) is 0 Å². The Morgan fingerprint density at radius 1 is 0.571 bits per heavy atom. The number of carboxylic acids is 6. The summed E-state index contributed by atoms with van der Waals surface area (Å²) in [6.07, 6.45) is 0. The van der Waals surface area contributed by atoms with Gasteiger partial charge in [-0.3, -0.25) is 0 Å². The van der Waals surface area contributed by atoms with E-state index in [1.165, 1.54) is 0 Å². The molecule has 0 rings (SSSR count). The van der Waals surface area contributed by atoms with E-state index < -0.39 is 35.8 Å². The summed E-state index contributed by atoms with van der Waals surface area (Å²) in [5, 5.41) is 45.9. The van der Waals surface area contributed by atoms with Crippen LogP contribution >= 0.6 is 0 Å². The zero-order chi connectivity index (χ0) is 15.5. The van der Waals surface area contributed by atoms with E-state index in [1.54, 1.807) is 0 Å². The van der Waals surface area contributed by atoms with Crippen molar-refractivity contribution < 1.29 is 87.3 Å². The summed E-state index contributed by atoms with van der Waals surface area (Å²) in [4.78, 5) is 54.4. The molecule has 0 aromatic rings. The molecule has 0 fully saturated rings. The first-order chi connectivity index (χ1) is 7.93. The molecule has 14 nitrogen and oxygen atoms in total. The summed E-state index contributed by atoms with van der Waals surface area (Å²) in [5.41, 5.74) is 0. The van der Waals surface area contributed by atoms with Crippen molar-refractivity contribution in [1.29, 1.82) is 0 Å². The molecule has 21 heavy (non-hydrogen) atoms. The fourth-order valence-electron chi connectivity index (χ4n) is 0. The van der Waals surface area contributed by atoms with Crippen LogP contribution in [0.4, 0.5) is 0 Å². The molecule has 0 aliphatic rings. The molecule has 0 aromatic carbocycles. The van der Waals surface area contributed by atoms with Crippen LogP contribution in [0.2, 0.25) is 0 Å². The average molecular weight is 398 g/mol. The van der Waals surface area contributed by atoms with Crippen LogP contribution in [0, 0.1) is 0 Å². The van der Waals surface area contributed by atoms with Crippen LogP contribution in [0.3, 0.4) is 0 Å². The van der Waals surface area contributed by atoms with Gasteiger partial charge in [0.25, 0.3) is 0 Å². The van der Waals surface area contributed by atoms with Gasteiger partial charge in [-0.2, -0.15) is 0 Å². The van der Waals surface area contributed by atoms with Crippen LogP contribution in [-0.4, -0.2) is 66.8 Å². The van der Waals surface area contributed by atoms with E-state index in [0.29, 0.717) is 0 Å². The van der Waals surface area contributed by atoms with Crippen LogP contribution in [-0.2, 0) is 51.1 Å². The van der Waals surface area contributed by atoms with Crippen LogP contribution in [0.1, 0.15) is 0 Å². The fourth-order valence-corrected chi connectivity index (χ4v) is 0. The normalized spacial score (nSPS) is 6.29. The molecule has 0 atom stereocenters. The molecule has 15 heteroatoms. The van der Waals surface area contributed by atoms with Crippen molar-refractivity contribution in [2.75, 3.05) is 0 Å². The second kappa shape index (κ2) is 19.8. The molecular weight excluding hydrogens is 387 g/mol. The number of carbonyl (C=O) groups is 6. The van der Waals surface area contributed by atoms with Gasteiger partial charge in [0.2, 0.25) is 0 Å². The summed E-state index contributed by atoms with van der Waals surface area (Å²) in [6, 6.07) is 0. The van der Waals surface area contributed by atoms with Crippen molar-refractivity contribution in [3.63, 3.8) is 0 Å². The number of aliphatic carboxylic acids is 6. The molecule has 11 N–H and O–H groups in total. The van der Waals surface area contributed by atoms with Crippen LogP contribution in [0.25, 0.3) is 0 Å². The largest absolute Gasteiger partial charge is 0.539 e. The van der Waals surface area contributed by atoms with Gasteiger partial charge in [0.05, 0.1) is 0 Å². The Balaban J connectivity index is -0.0000000375. The van der Waals surface area contributed by atoms with Gasteiger partial charge in [-0.15, -0.1) is 0 Å². The molecule has 0 aliphatic carbocycles. The van der Waals surface area contributed by atoms with Gasteiger partial charge in [0, 0.05) is 22.4 Å². The zero-order valence-electron chi connectivity index (χ0n) is 10.0. The summed E-state index contributed by atoms with van der Waals surface area (Å²) >= 11 is 0. The summed E-state index contributed by atoms with van der Waals surface area (Å²) in [7, 11) is 0. The van der Waals surface area contributed by atoms with Gasteiger partial charge in [-0.05, 0) is 0 Å². The maximum atomic E-state index is 9.10. The molecule has 1 radical (unpaired) electrons. The maximum Gasteiger partial charge on any atom is 0.414 e. The molecule has 123 valence electrons. The molecular formula is C6H11NNbO13. The predicted octanol–water partition coefficient (Wildman–Crippen LogP) is -4.32. The Kier molecular flexibility index (Phi) is 34.2. The Morgan fingerprint density at radius 3 is 0.667 bits per heavy atom. The summed E-state index contributed by atoms with van der Waals surface area (Å²) < 4.78 is 0. The molecule has 0 aliphatic heterocycles. The second-order valence-corrected chi connectivity index (χ2v) is 1.81. The predicted molar refractivity (Wildman–Crippen MR) is 52.8 cm³/mol. The van der Waals surface area contributed by atoms with E-state index in [1.807, 2.05) is 0 Å². The van der Waals surface area contributed by atoms with Gasteiger partial charge < -0.3 is 47.1 Å². The average Bonchev–Trinajstić information content (AvgIpc) is 2.18. The standard InChI is InChI=1S/3C2H2O4.H3N.Nb.H2O/c3*3-1(4)2(5)6;;;/h3*(H,3,4)(H,5,6);1H3;;1H2. The van der Waals surface area contributed by atoms with Gasteiger partial charge in [0.1, 0.15) is 0 Å². The number of quaternary nitrogens is 1. The molecule has 0 saturated carbocycles. The molecule has 0 aromatic heterocycles. The van der Waals surface area contributed by atoms with E-state index in [2.05, 4.69) is 0 Å². The molecule has 0 unspecified atom stereocenters. The Hall–Kier alpha value is -2.52. The first-order valence-corrected chi connectivity index (χ1v) is 3.30. The fraction of sp³-hybridized carbons (Fsp3) is 0. The first kappa shape index (κ1) is 36.3. The Bertz CT molecular complexity index is 284. The third-order valence-electron chi connectivity index (χ3n) is 0.541. The molecule has 0 heterocycles. The van der Waals surface area contributed by atoms with Crippen LogP contribution in [0.5, 0.6) is 0 Å². The van der Waals surface area contributed by atoms with E-state index in [9.17, 15) is 0 Å². The van der Waals surface area contributed by atoms with Crippen LogP contribution in [0.15, 0.2) is 0 Å². The summed E-state index contributed by atoms with van der Waals surface area (Å²) in [5.74, 6) is -11.3. The quantitative estimate of drug-likeness (QED) is 0.167. The summed E-state index contributed by atoms with van der Waals surface area (Å²) in [6.45, 7) is 0. The SMILES string of the molecule is O.O=C(O)C(=O)O.O=C(O)C(=O)O.O=C([O-])C(=O)O.[NH4+].[Nb]. The van der Waals surface area contributed by atoms with Crippen molar-refractivity contribution in [1.82, 2.24) is 6.15 Å². The van der Waals surface area contributed by atoms with Gasteiger partial charge >= 0.3 is 29.8 Å². The van der Waals surface area contributed by atoms with Gasteiger partial charge in [-0.1, -0.05) is 0 Å². The van der Waals surface area contributed by atoms with Crippen LogP contribution < -0.4 is 11.3 Å². The number of carboxylic acid groups (broad SMARTS) is 6. The van der Waals surface area contributed by atoms with Crippen molar-refractivity contribution in [3.8, 4) is 0 Å². The minimum Gasteiger partial charge on any atom is -0.539 e. The number of carbonyl (C=O) groups excluding carboxylic acids is 1. The maximum absolute atomic E-state index is 9.10. The van der Waals surface area contributed by atoms with Crippen molar-refractivity contribution in [2.24, 2.45) is 0 Å². The molecule has 0 amide bonds. The number of hydrogen-bond acceptors (Lipinski definition) is 7. The third kappa shape index (κ3) is 46.6. The molecule has 0 saturated heterocycles. The second-order valence-electron chi connectivity index (χ2n) is 1.81. The Labute approximate surface area is 130 Å². The Morgan fingerprint density at radius 2 is 0.667 bits per heavy atom. The monoisotopic (exact) mass is 398 g/mol. The van der Waals surface area contributed by atoms with Gasteiger partial charge in [0.15, 0.2) is 5.97 Å². The number of rotatable bonds is 0. The van der Waals surface area contributed by atoms with E-state index in [-0.39, 0.29) is 34.0 Å². The van der Waals surface area contributed by atoms with Crippen molar-refractivity contribution >= 4 is 35.8 Å².